The van der Waals surface area contributed by atoms with E-state index in [1.807, 2.05) is 6.92 Å². The van der Waals surface area contributed by atoms with Gasteiger partial charge >= 0.3 is 6.18 Å². The van der Waals surface area contributed by atoms with Gasteiger partial charge in [0.2, 0.25) is 0 Å². The highest BCUT2D eigenvalue weighted by Gasteiger charge is 2.31. The molecular formula is C14H17F3N2OS. The predicted molar refractivity (Wildman–Crippen MR) is 79.3 cm³/mol. The van der Waals surface area contributed by atoms with Gasteiger partial charge in [-0.25, -0.2) is 0 Å². The van der Waals surface area contributed by atoms with E-state index in [2.05, 4.69) is 5.32 Å². The average Bonchev–Trinajstić information content (AvgIpc) is 2.91. The molecule has 116 valence electrons. The van der Waals surface area contributed by atoms with Crippen LogP contribution in [0.3, 0.4) is 0 Å². The van der Waals surface area contributed by atoms with E-state index in [9.17, 15) is 13.2 Å². The summed E-state index contributed by atoms with van der Waals surface area (Å²) in [5, 5.41) is 3.20. The fourth-order valence-electron chi connectivity index (χ4n) is 2.36. The van der Waals surface area contributed by atoms with Crippen molar-refractivity contribution in [1.82, 2.24) is 0 Å². The van der Waals surface area contributed by atoms with Crippen LogP contribution >= 0.6 is 12.2 Å². The Morgan fingerprint density at radius 2 is 2.19 bits per heavy atom. The third-order valence-electron chi connectivity index (χ3n) is 3.67. The lowest BCUT2D eigenvalue weighted by atomic mass is 9.99. The number of alkyl halides is 3. The van der Waals surface area contributed by atoms with Gasteiger partial charge in [-0.1, -0.05) is 12.2 Å². The zero-order valence-corrected chi connectivity index (χ0v) is 12.4. The molecule has 0 aliphatic carbocycles. The molecule has 1 aliphatic heterocycles. The van der Waals surface area contributed by atoms with Crippen molar-refractivity contribution in [1.29, 1.82) is 0 Å². The molecule has 0 radical (unpaired) electrons. The Hall–Kier alpha value is -1.34. The quantitative estimate of drug-likeness (QED) is 0.837. The van der Waals surface area contributed by atoms with Gasteiger partial charge in [-0.15, -0.1) is 0 Å². The molecule has 1 aromatic carbocycles. The molecule has 0 spiro atoms. The van der Waals surface area contributed by atoms with Crippen LogP contribution in [0.1, 0.15) is 24.5 Å². The zero-order chi connectivity index (χ0) is 15.6. The summed E-state index contributed by atoms with van der Waals surface area (Å²) in [6, 6.07) is 3.46. The van der Waals surface area contributed by atoms with Crippen LogP contribution in [0, 0.1) is 5.92 Å². The fourth-order valence-corrected chi connectivity index (χ4v) is 2.53. The van der Waals surface area contributed by atoms with Gasteiger partial charge in [0, 0.05) is 29.8 Å². The highest BCUT2D eigenvalue weighted by Crippen LogP contribution is 2.32. The van der Waals surface area contributed by atoms with Crippen molar-refractivity contribution in [2.24, 2.45) is 11.7 Å². The first-order valence-electron chi connectivity index (χ1n) is 6.64. The van der Waals surface area contributed by atoms with Crippen LogP contribution in [0.5, 0.6) is 0 Å². The van der Waals surface area contributed by atoms with E-state index in [0.717, 1.165) is 18.6 Å². The van der Waals surface area contributed by atoms with E-state index in [-0.39, 0.29) is 16.6 Å². The molecule has 1 saturated heterocycles. The standard InChI is InChI=1S/C14H17F3N2OS/c1-8(9-4-5-20-7-9)19-12-3-2-10(14(15,16)17)6-11(12)13(18)21/h2-3,6,8-9,19H,4-5,7H2,1H3,(H2,18,21). The number of benzene rings is 1. The molecule has 2 unspecified atom stereocenters. The number of nitrogens with two attached hydrogens (primary N) is 1. The Balaban J connectivity index is 2.24. The van der Waals surface area contributed by atoms with Crippen LogP contribution in [0.15, 0.2) is 18.2 Å². The van der Waals surface area contributed by atoms with E-state index in [1.165, 1.54) is 6.07 Å². The number of halogens is 3. The second-order valence-corrected chi connectivity index (χ2v) is 5.62. The molecule has 1 aliphatic rings. The summed E-state index contributed by atoms with van der Waals surface area (Å²) in [5.41, 5.74) is 5.54. The zero-order valence-electron chi connectivity index (χ0n) is 11.5. The van der Waals surface area contributed by atoms with Crippen molar-refractivity contribution >= 4 is 22.9 Å². The first kappa shape index (κ1) is 16.0. The maximum absolute atomic E-state index is 12.8. The highest BCUT2D eigenvalue weighted by atomic mass is 32.1. The number of nitrogens with one attached hydrogen (secondary N) is 1. The Morgan fingerprint density at radius 3 is 2.71 bits per heavy atom. The van der Waals surface area contributed by atoms with Gasteiger partial charge in [0.1, 0.15) is 4.99 Å². The van der Waals surface area contributed by atoms with Gasteiger partial charge in [-0.3, -0.25) is 0 Å². The number of anilines is 1. The van der Waals surface area contributed by atoms with Crippen LogP contribution in [0.2, 0.25) is 0 Å². The topological polar surface area (TPSA) is 47.3 Å². The second-order valence-electron chi connectivity index (χ2n) is 5.18. The molecule has 0 bridgehead atoms. The average molecular weight is 318 g/mol. The number of hydrogen-bond donors (Lipinski definition) is 2. The van der Waals surface area contributed by atoms with Gasteiger partial charge in [0.25, 0.3) is 0 Å². The van der Waals surface area contributed by atoms with Crippen molar-refractivity contribution in [2.75, 3.05) is 18.5 Å². The molecule has 1 fully saturated rings. The Morgan fingerprint density at radius 1 is 1.48 bits per heavy atom. The molecule has 1 heterocycles. The van der Waals surface area contributed by atoms with Crippen molar-refractivity contribution in [3.8, 4) is 0 Å². The summed E-state index contributed by atoms with van der Waals surface area (Å²) in [7, 11) is 0. The van der Waals surface area contributed by atoms with E-state index in [1.54, 1.807) is 0 Å². The summed E-state index contributed by atoms with van der Waals surface area (Å²) in [6.45, 7) is 3.34. The number of ether oxygens (including phenoxy) is 1. The smallest absolute Gasteiger partial charge is 0.389 e. The van der Waals surface area contributed by atoms with Gasteiger partial charge in [0.05, 0.1) is 12.2 Å². The lowest BCUT2D eigenvalue weighted by molar-refractivity contribution is -0.137. The molecule has 21 heavy (non-hydrogen) atoms. The van der Waals surface area contributed by atoms with Gasteiger partial charge < -0.3 is 15.8 Å². The fraction of sp³-hybridized carbons (Fsp3) is 0.500. The predicted octanol–water partition coefficient (Wildman–Crippen LogP) is 3.18. The van der Waals surface area contributed by atoms with Crippen molar-refractivity contribution in [3.63, 3.8) is 0 Å². The maximum atomic E-state index is 12.8. The van der Waals surface area contributed by atoms with E-state index < -0.39 is 11.7 Å². The summed E-state index contributed by atoms with van der Waals surface area (Å²) >= 11 is 4.87. The molecule has 0 amide bonds. The molecule has 0 saturated carbocycles. The third kappa shape index (κ3) is 3.85. The number of hydrogen-bond acceptors (Lipinski definition) is 3. The van der Waals surface area contributed by atoms with Crippen LogP contribution < -0.4 is 11.1 Å². The minimum absolute atomic E-state index is 0.0570. The lowest BCUT2D eigenvalue weighted by Crippen LogP contribution is -2.27. The van der Waals surface area contributed by atoms with Gasteiger partial charge in [0.15, 0.2) is 0 Å². The van der Waals surface area contributed by atoms with E-state index >= 15 is 0 Å². The Kier molecular flexibility index (Phi) is 4.73. The van der Waals surface area contributed by atoms with E-state index in [4.69, 9.17) is 22.7 Å². The molecule has 1 aromatic rings. The van der Waals surface area contributed by atoms with Crippen LogP contribution in [-0.4, -0.2) is 24.2 Å². The first-order chi connectivity index (χ1) is 9.79. The third-order valence-corrected chi connectivity index (χ3v) is 3.89. The highest BCUT2D eigenvalue weighted by molar-refractivity contribution is 7.80. The monoisotopic (exact) mass is 318 g/mol. The molecule has 2 rings (SSSR count). The van der Waals surface area contributed by atoms with Crippen molar-refractivity contribution < 1.29 is 17.9 Å². The lowest BCUT2D eigenvalue weighted by Gasteiger charge is -2.22. The second kappa shape index (κ2) is 6.19. The summed E-state index contributed by atoms with van der Waals surface area (Å²) in [6.07, 6.45) is -3.49. The molecule has 0 aromatic heterocycles. The first-order valence-corrected chi connectivity index (χ1v) is 7.05. The number of thiocarbonyl (C=S) groups is 1. The van der Waals surface area contributed by atoms with Gasteiger partial charge in [-0.05, 0) is 31.5 Å². The number of rotatable bonds is 4. The Bertz CT molecular complexity index is 527. The Labute approximate surface area is 126 Å². The SMILES string of the molecule is CC(Nc1ccc(C(F)(F)F)cc1C(N)=S)C1CCOC1. The van der Waals surface area contributed by atoms with Crippen molar-refractivity contribution in [2.45, 2.75) is 25.6 Å². The minimum atomic E-state index is -4.41. The minimum Gasteiger partial charge on any atom is -0.389 e. The van der Waals surface area contributed by atoms with Crippen molar-refractivity contribution in [3.05, 3.63) is 29.3 Å². The van der Waals surface area contributed by atoms with Gasteiger partial charge in [-0.2, -0.15) is 13.2 Å². The molecule has 3 N–H and O–H groups in total. The normalized spacial score (nSPS) is 20.3. The largest absolute Gasteiger partial charge is 0.416 e. The maximum Gasteiger partial charge on any atom is 0.416 e. The van der Waals surface area contributed by atoms with Crippen LogP contribution in [0.25, 0.3) is 0 Å². The van der Waals surface area contributed by atoms with E-state index in [0.29, 0.717) is 24.8 Å². The summed E-state index contributed by atoms with van der Waals surface area (Å²) < 4.78 is 43.6. The summed E-state index contributed by atoms with van der Waals surface area (Å²) in [5.74, 6) is 0.325. The van der Waals surface area contributed by atoms with Crippen LogP contribution in [0.4, 0.5) is 18.9 Å². The molecule has 3 nitrogen and oxygen atoms in total. The molecular weight excluding hydrogens is 301 g/mol. The molecule has 2 atom stereocenters. The summed E-state index contributed by atoms with van der Waals surface area (Å²) in [4.78, 5) is -0.0570. The van der Waals surface area contributed by atoms with Crippen LogP contribution in [-0.2, 0) is 10.9 Å². The molecule has 7 heteroatoms.